The fraction of sp³-hybridized carbons (Fsp3) is 0.743. The molecule has 3 saturated carbocycles. The smallest absolute Gasteiger partial charge is 0.224 e. The molecule has 1 N–H and O–H groups in total. The molecular formula is C35H48O4. The van der Waals surface area contributed by atoms with Crippen molar-refractivity contribution in [2.45, 2.75) is 107 Å². The predicted molar refractivity (Wildman–Crippen MR) is 153 cm³/mol. The van der Waals surface area contributed by atoms with Crippen LogP contribution >= 0.6 is 0 Å². The summed E-state index contributed by atoms with van der Waals surface area (Å²) in [6.45, 7) is 17.2. The molecule has 0 bridgehead atoms. The van der Waals surface area contributed by atoms with E-state index in [2.05, 4.69) is 34.6 Å². The van der Waals surface area contributed by atoms with Crippen molar-refractivity contribution in [3.63, 3.8) is 0 Å². The first kappa shape index (κ1) is 27.2. The Morgan fingerprint density at radius 1 is 1.03 bits per heavy atom. The van der Waals surface area contributed by atoms with Gasteiger partial charge in [0.2, 0.25) is 5.78 Å². The molecular weight excluding hydrogens is 484 g/mol. The summed E-state index contributed by atoms with van der Waals surface area (Å²) in [6.07, 6.45) is 7.22. The summed E-state index contributed by atoms with van der Waals surface area (Å²) < 4.78 is 0. The topological polar surface area (TPSA) is 71.4 Å². The van der Waals surface area contributed by atoms with Crippen molar-refractivity contribution < 1.29 is 19.5 Å². The molecule has 3 unspecified atom stereocenters. The van der Waals surface area contributed by atoms with Crippen LogP contribution in [-0.2, 0) is 14.4 Å². The molecule has 0 saturated heterocycles. The Kier molecular flexibility index (Phi) is 5.95. The van der Waals surface area contributed by atoms with Gasteiger partial charge in [-0.05, 0) is 103 Å². The van der Waals surface area contributed by atoms with Gasteiger partial charge in [-0.15, -0.1) is 0 Å². The summed E-state index contributed by atoms with van der Waals surface area (Å²) in [5.41, 5.74) is 3.57. The van der Waals surface area contributed by atoms with Crippen LogP contribution in [0.25, 0.3) is 0 Å². The van der Waals surface area contributed by atoms with Gasteiger partial charge in [-0.25, -0.2) is 0 Å². The molecule has 0 radical (unpaired) electrons. The Morgan fingerprint density at radius 2 is 1.72 bits per heavy atom. The molecule has 6 aliphatic rings. The van der Waals surface area contributed by atoms with Crippen LogP contribution in [-0.4, -0.2) is 22.5 Å². The third-order valence-corrected chi connectivity index (χ3v) is 12.5. The maximum Gasteiger partial charge on any atom is 0.224 e. The summed E-state index contributed by atoms with van der Waals surface area (Å²) in [5.74, 6) is 2.41. The Balaban J connectivity index is 1.53. The Bertz CT molecular complexity index is 1270. The normalized spacial score (nSPS) is 39.1. The minimum atomic E-state index is -0.626. The Morgan fingerprint density at radius 3 is 2.33 bits per heavy atom. The van der Waals surface area contributed by atoms with E-state index in [1.54, 1.807) is 6.92 Å². The van der Waals surface area contributed by atoms with Gasteiger partial charge in [-0.2, -0.15) is 0 Å². The van der Waals surface area contributed by atoms with E-state index in [0.717, 1.165) is 67.2 Å². The van der Waals surface area contributed by atoms with Gasteiger partial charge in [0.1, 0.15) is 5.78 Å². The highest BCUT2D eigenvalue weighted by atomic mass is 16.3. The lowest BCUT2D eigenvalue weighted by molar-refractivity contribution is -0.124. The lowest BCUT2D eigenvalue weighted by Gasteiger charge is -2.55. The van der Waals surface area contributed by atoms with Gasteiger partial charge in [0, 0.05) is 28.6 Å². The monoisotopic (exact) mass is 532 g/mol. The minimum Gasteiger partial charge on any atom is -0.504 e. The zero-order valence-corrected chi connectivity index (χ0v) is 25.4. The van der Waals surface area contributed by atoms with Gasteiger partial charge < -0.3 is 9.90 Å². The summed E-state index contributed by atoms with van der Waals surface area (Å²) in [4.78, 5) is 41.0. The number of hydrogen-bond acceptors (Lipinski definition) is 4. The highest BCUT2D eigenvalue weighted by Gasteiger charge is 2.75. The van der Waals surface area contributed by atoms with E-state index in [0.29, 0.717) is 35.7 Å². The third-order valence-electron chi connectivity index (χ3n) is 12.5. The number of aliphatic hydroxyl groups is 1. The minimum absolute atomic E-state index is 0.0375. The largest absolute Gasteiger partial charge is 0.504 e. The average molecular weight is 533 g/mol. The van der Waals surface area contributed by atoms with Crippen LogP contribution in [0.4, 0.5) is 0 Å². The molecule has 6 rings (SSSR count). The molecule has 1 spiro atoms. The number of carbonyl (C=O) groups excluding carboxylic acids is 3. The molecule has 0 aliphatic heterocycles. The van der Waals surface area contributed by atoms with Crippen LogP contribution < -0.4 is 0 Å². The van der Waals surface area contributed by atoms with Gasteiger partial charge in [0.05, 0.1) is 5.41 Å². The standard InChI is InChI=1S/C35H48O4/c1-17(2)20(11-10-19(5)36)25-21-12-15-35(27(21)25)28-24(18(3)4)30(37)31(38)29-26(28)22(32(35)39)16-23-33(6,7)13-9-14-34(23,29)8/h17-18,20-21,23,25,27,38H,9-16H2,1-8H3/t20-,21?,23-,25?,27?,34-,35+/m0/s1. The summed E-state index contributed by atoms with van der Waals surface area (Å²) >= 11 is 0. The number of carbonyl (C=O) groups is 3. The van der Waals surface area contributed by atoms with Gasteiger partial charge in [-0.1, -0.05) is 54.9 Å². The van der Waals surface area contributed by atoms with Crippen LogP contribution in [0.2, 0.25) is 0 Å². The van der Waals surface area contributed by atoms with Crippen molar-refractivity contribution in [1.29, 1.82) is 0 Å². The van der Waals surface area contributed by atoms with E-state index in [-0.39, 0.29) is 51.7 Å². The molecule has 0 amide bonds. The van der Waals surface area contributed by atoms with Crippen molar-refractivity contribution in [2.24, 2.45) is 57.7 Å². The molecule has 7 atom stereocenters. The molecule has 4 nitrogen and oxygen atoms in total. The van der Waals surface area contributed by atoms with Crippen LogP contribution in [0.3, 0.4) is 0 Å². The van der Waals surface area contributed by atoms with Crippen molar-refractivity contribution >= 4 is 17.3 Å². The van der Waals surface area contributed by atoms with Crippen LogP contribution in [0.5, 0.6) is 0 Å². The number of hydrogen-bond donors (Lipinski definition) is 1. The zero-order chi connectivity index (χ0) is 28.4. The molecule has 3 fully saturated rings. The van der Waals surface area contributed by atoms with Crippen molar-refractivity contribution in [3.8, 4) is 0 Å². The van der Waals surface area contributed by atoms with E-state index in [1.165, 1.54) is 0 Å². The Labute approximate surface area is 234 Å². The van der Waals surface area contributed by atoms with E-state index >= 15 is 0 Å². The number of Topliss-reactive ketones (excluding diaryl/α,β-unsaturated/α-hetero) is 3. The first-order chi connectivity index (χ1) is 18.2. The fourth-order valence-corrected chi connectivity index (χ4v) is 10.9. The lowest BCUT2D eigenvalue weighted by atomic mass is 9.48. The second-order valence-electron chi connectivity index (χ2n) is 15.6. The third kappa shape index (κ3) is 3.38. The SMILES string of the molecule is CC(=O)CC[C@@H](C(C)C)C1C2CC[C@@]3(C(=O)C4=C5C3=C(C(C)C)C(=O)C(O)=C5[C@@]3(C)CCCC(C)(C)[C@@H]3C4)C21. The van der Waals surface area contributed by atoms with E-state index in [4.69, 9.17) is 0 Å². The van der Waals surface area contributed by atoms with Crippen molar-refractivity contribution in [3.05, 3.63) is 33.6 Å². The van der Waals surface area contributed by atoms with Crippen molar-refractivity contribution in [1.82, 2.24) is 0 Å². The molecule has 0 aromatic carbocycles. The highest BCUT2D eigenvalue weighted by Crippen LogP contribution is 2.78. The quantitative estimate of drug-likeness (QED) is 0.380. The van der Waals surface area contributed by atoms with Crippen LogP contribution in [0, 0.1) is 57.7 Å². The van der Waals surface area contributed by atoms with Gasteiger partial charge >= 0.3 is 0 Å². The van der Waals surface area contributed by atoms with Gasteiger partial charge in [-0.3, -0.25) is 9.59 Å². The molecule has 0 aromatic heterocycles. The highest BCUT2D eigenvalue weighted by molar-refractivity contribution is 6.18. The molecule has 6 aliphatic carbocycles. The number of ketones is 3. The zero-order valence-electron chi connectivity index (χ0n) is 25.4. The van der Waals surface area contributed by atoms with E-state index in [9.17, 15) is 19.5 Å². The second-order valence-corrected chi connectivity index (χ2v) is 15.6. The Hall–Kier alpha value is -1.97. The molecule has 0 heterocycles. The van der Waals surface area contributed by atoms with Crippen molar-refractivity contribution in [2.75, 3.05) is 0 Å². The van der Waals surface area contributed by atoms with E-state index in [1.807, 2.05) is 13.8 Å². The number of allylic oxidation sites excluding steroid dienone is 5. The molecule has 0 aromatic rings. The van der Waals surface area contributed by atoms with Crippen LogP contribution in [0.15, 0.2) is 33.6 Å². The second kappa shape index (κ2) is 8.52. The maximum absolute atomic E-state index is 15.0. The van der Waals surface area contributed by atoms with E-state index < -0.39 is 5.41 Å². The fourth-order valence-electron chi connectivity index (χ4n) is 10.9. The maximum atomic E-state index is 15.0. The summed E-state index contributed by atoms with van der Waals surface area (Å²) in [6, 6.07) is 0. The van der Waals surface area contributed by atoms with Gasteiger partial charge in [0.15, 0.2) is 11.5 Å². The van der Waals surface area contributed by atoms with Gasteiger partial charge in [0.25, 0.3) is 0 Å². The van der Waals surface area contributed by atoms with Crippen LogP contribution in [0.1, 0.15) is 107 Å². The first-order valence-corrected chi connectivity index (χ1v) is 15.7. The molecule has 212 valence electrons. The lowest BCUT2D eigenvalue weighted by Crippen LogP contribution is -2.47. The number of fused-ring (bicyclic) bond motifs is 5. The predicted octanol–water partition coefficient (Wildman–Crippen LogP) is 7.73. The summed E-state index contributed by atoms with van der Waals surface area (Å²) in [5, 5.41) is 11.7. The number of rotatable bonds is 6. The number of aliphatic hydroxyl groups excluding tert-OH is 1. The average Bonchev–Trinajstić information content (AvgIpc) is 3.32. The molecule has 4 heteroatoms. The summed E-state index contributed by atoms with van der Waals surface area (Å²) in [7, 11) is 0. The molecule has 39 heavy (non-hydrogen) atoms. The first-order valence-electron chi connectivity index (χ1n) is 15.7.